The molecule has 0 spiro atoms. The molecule has 2 atom stereocenters. The summed E-state index contributed by atoms with van der Waals surface area (Å²) in [7, 11) is 0. The number of halogens is 1. The van der Waals surface area contributed by atoms with E-state index in [2.05, 4.69) is 66.2 Å². The van der Waals surface area contributed by atoms with Crippen LogP contribution in [0.4, 0.5) is 0 Å². The van der Waals surface area contributed by atoms with E-state index in [4.69, 9.17) is 5.73 Å². The Kier molecular flexibility index (Phi) is 5.50. The molecule has 1 aromatic heterocycles. The first-order valence-electron chi connectivity index (χ1n) is 8.01. The molecule has 0 amide bonds. The third-order valence-corrected chi connectivity index (χ3v) is 4.53. The minimum Gasteiger partial charge on any atom is -0.326 e. The van der Waals surface area contributed by atoms with E-state index in [0.717, 1.165) is 19.6 Å². The first-order chi connectivity index (χ1) is 10.4. The van der Waals surface area contributed by atoms with Crippen LogP contribution in [0, 0.1) is 0 Å². The van der Waals surface area contributed by atoms with Crippen molar-refractivity contribution >= 4 is 12.4 Å². The van der Waals surface area contributed by atoms with Gasteiger partial charge in [-0.15, -0.1) is 12.4 Å². The summed E-state index contributed by atoms with van der Waals surface area (Å²) < 4.78 is 0. The molecule has 4 nitrogen and oxygen atoms in total. The Bertz CT molecular complexity index is 617. The van der Waals surface area contributed by atoms with E-state index in [1.54, 1.807) is 0 Å². The van der Waals surface area contributed by atoms with Gasteiger partial charge in [-0.2, -0.15) is 5.10 Å². The van der Waals surface area contributed by atoms with Gasteiger partial charge in [0, 0.05) is 48.3 Å². The predicted octanol–water partition coefficient (Wildman–Crippen LogP) is 3.06. The zero-order chi connectivity index (χ0) is 15.7. The van der Waals surface area contributed by atoms with E-state index in [1.807, 2.05) is 6.20 Å². The summed E-state index contributed by atoms with van der Waals surface area (Å²) in [4.78, 5) is 2.45. The summed E-state index contributed by atoms with van der Waals surface area (Å²) in [5.41, 5.74) is 10.3. The summed E-state index contributed by atoms with van der Waals surface area (Å²) in [6.45, 7) is 9.51. The van der Waals surface area contributed by atoms with Crippen molar-refractivity contribution in [3.63, 3.8) is 0 Å². The smallest absolute Gasteiger partial charge is 0.0535 e. The molecule has 3 rings (SSSR count). The Morgan fingerprint density at radius 3 is 2.57 bits per heavy atom. The highest BCUT2D eigenvalue weighted by molar-refractivity contribution is 5.85. The van der Waals surface area contributed by atoms with Crippen LogP contribution < -0.4 is 5.73 Å². The van der Waals surface area contributed by atoms with Gasteiger partial charge in [0.25, 0.3) is 0 Å². The molecule has 0 saturated carbocycles. The summed E-state index contributed by atoms with van der Waals surface area (Å²) in [5.74, 6) is 0.422. The molecule has 3 N–H and O–H groups in total. The Morgan fingerprint density at radius 1 is 1.22 bits per heavy atom. The summed E-state index contributed by atoms with van der Waals surface area (Å²) >= 11 is 0. The van der Waals surface area contributed by atoms with Crippen molar-refractivity contribution in [1.82, 2.24) is 15.1 Å². The van der Waals surface area contributed by atoms with Crippen LogP contribution in [-0.4, -0.2) is 34.2 Å². The number of aromatic nitrogens is 2. The number of aromatic amines is 1. The maximum absolute atomic E-state index is 6.39. The van der Waals surface area contributed by atoms with Crippen molar-refractivity contribution in [2.75, 3.05) is 13.1 Å². The molecule has 1 aliphatic rings. The van der Waals surface area contributed by atoms with Gasteiger partial charge < -0.3 is 5.73 Å². The molecule has 0 unspecified atom stereocenters. The van der Waals surface area contributed by atoms with E-state index in [-0.39, 0.29) is 23.9 Å². The van der Waals surface area contributed by atoms with Crippen LogP contribution in [0.1, 0.15) is 43.5 Å². The zero-order valence-electron chi connectivity index (χ0n) is 14.1. The average Bonchev–Trinajstić information content (AvgIpc) is 3.06. The van der Waals surface area contributed by atoms with Gasteiger partial charge in [0.1, 0.15) is 0 Å². The highest BCUT2D eigenvalue weighted by atomic mass is 35.5. The molecule has 126 valence electrons. The normalized spacial score (nSPS) is 22.1. The van der Waals surface area contributed by atoms with Gasteiger partial charge in [-0.3, -0.25) is 10.00 Å². The van der Waals surface area contributed by atoms with Gasteiger partial charge in [0.2, 0.25) is 0 Å². The molecule has 1 aromatic carbocycles. The number of benzene rings is 1. The van der Waals surface area contributed by atoms with E-state index in [9.17, 15) is 0 Å². The third kappa shape index (κ3) is 3.94. The summed E-state index contributed by atoms with van der Waals surface area (Å²) in [6.07, 6.45) is 1.96. The molecule has 0 aliphatic carbocycles. The molecule has 1 saturated heterocycles. The predicted molar refractivity (Wildman–Crippen MR) is 97.0 cm³/mol. The molecule has 2 aromatic rings. The van der Waals surface area contributed by atoms with E-state index in [0.29, 0.717) is 5.92 Å². The van der Waals surface area contributed by atoms with E-state index in [1.165, 1.54) is 16.8 Å². The number of likely N-dealkylation sites (tertiary alicyclic amines) is 1. The highest BCUT2D eigenvalue weighted by Crippen LogP contribution is 2.29. The van der Waals surface area contributed by atoms with E-state index >= 15 is 0 Å². The fourth-order valence-corrected chi connectivity index (χ4v) is 3.42. The summed E-state index contributed by atoms with van der Waals surface area (Å²) in [6, 6.07) is 10.8. The van der Waals surface area contributed by atoms with Crippen LogP contribution in [0.2, 0.25) is 0 Å². The highest BCUT2D eigenvalue weighted by Gasteiger charge is 2.32. The Hall–Kier alpha value is -1.36. The average molecular weight is 335 g/mol. The van der Waals surface area contributed by atoms with Gasteiger partial charge in [0.05, 0.1) is 6.20 Å². The number of nitrogens with zero attached hydrogens (tertiary/aromatic N) is 2. The quantitative estimate of drug-likeness (QED) is 0.907. The Balaban J connectivity index is 0.00000192. The topological polar surface area (TPSA) is 57.9 Å². The second-order valence-electron chi connectivity index (χ2n) is 7.40. The molecular weight excluding hydrogens is 308 g/mol. The molecule has 0 radical (unpaired) electrons. The van der Waals surface area contributed by atoms with Crippen LogP contribution in [-0.2, 0) is 12.0 Å². The minimum atomic E-state index is 0. The van der Waals surface area contributed by atoms with Crippen LogP contribution >= 0.6 is 12.4 Å². The van der Waals surface area contributed by atoms with Crippen molar-refractivity contribution in [3.05, 3.63) is 53.3 Å². The second-order valence-corrected chi connectivity index (χ2v) is 7.40. The van der Waals surface area contributed by atoms with Crippen LogP contribution in [0.25, 0.3) is 0 Å². The lowest BCUT2D eigenvalue weighted by atomic mass is 9.89. The van der Waals surface area contributed by atoms with Crippen molar-refractivity contribution < 1.29 is 0 Å². The van der Waals surface area contributed by atoms with Gasteiger partial charge in [0.15, 0.2) is 0 Å². The van der Waals surface area contributed by atoms with E-state index < -0.39 is 0 Å². The summed E-state index contributed by atoms with van der Waals surface area (Å²) in [5, 5.41) is 7.41. The first kappa shape index (κ1) is 18.0. The molecular formula is C18H27ClN4. The van der Waals surface area contributed by atoms with Crippen molar-refractivity contribution in [2.24, 2.45) is 5.73 Å². The molecule has 1 aliphatic heterocycles. The van der Waals surface area contributed by atoms with Crippen molar-refractivity contribution in [1.29, 1.82) is 0 Å². The lowest BCUT2D eigenvalue weighted by Gasteiger charge is -2.21. The first-order valence-corrected chi connectivity index (χ1v) is 8.01. The Morgan fingerprint density at radius 2 is 1.91 bits per heavy atom. The monoisotopic (exact) mass is 334 g/mol. The number of rotatable bonds is 3. The second kappa shape index (κ2) is 7.04. The maximum atomic E-state index is 6.39. The fraction of sp³-hybridized carbons (Fsp3) is 0.500. The number of H-pyrrole nitrogens is 1. The molecule has 5 heteroatoms. The standard InChI is InChI=1S/C18H26N4.ClH/c1-18(2,3)17-14(9-20-21-17)10-22-11-15(16(19)12-22)13-7-5-4-6-8-13;/h4-9,15-16H,10-12,19H2,1-3H3,(H,20,21);1H/t15-,16+;/m0./s1. The zero-order valence-corrected chi connectivity index (χ0v) is 14.9. The van der Waals surface area contributed by atoms with Gasteiger partial charge in [-0.25, -0.2) is 0 Å². The van der Waals surface area contributed by atoms with Crippen molar-refractivity contribution in [2.45, 2.75) is 44.7 Å². The SMILES string of the molecule is CC(C)(C)c1[nH]ncc1CN1C[C@@H](N)[C@H](c2ccccc2)C1.Cl. The van der Waals surface area contributed by atoms with Gasteiger partial charge >= 0.3 is 0 Å². The molecule has 0 bridgehead atoms. The molecule has 2 heterocycles. The lowest BCUT2D eigenvalue weighted by molar-refractivity contribution is 0.320. The molecule has 1 fully saturated rings. The van der Waals surface area contributed by atoms with Gasteiger partial charge in [-0.05, 0) is 5.56 Å². The number of nitrogens with two attached hydrogens (primary N) is 1. The minimum absolute atomic E-state index is 0. The fourth-order valence-electron chi connectivity index (χ4n) is 3.42. The largest absolute Gasteiger partial charge is 0.326 e. The molecule has 23 heavy (non-hydrogen) atoms. The van der Waals surface area contributed by atoms with Gasteiger partial charge in [-0.1, -0.05) is 51.1 Å². The lowest BCUT2D eigenvalue weighted by Crippen LogP contribution is -2.29. The third-order valence-electron chi connectivity index (χ3n) is 4.53. The number of hydrogen-bond acceptors (Lipinski definition) is 3. The maximum Gasteiger partial charge on any atom is 0.0535 e. The number of nitrogens with one attached hydrogen (secondary N) is 1. The number of hydrogen-bond donors (Lipinski definition) is 2. The Labute approximate surface area is 144 Å². The van der Waals surface area contributed by atoms with Crippen LogP contribution in [0.15, 0.2) is 36.5 Å². The van der Waals surface area contributed by atoms with Crippen LogP contribution in [0.5, 0.6) is 0 Å². The van der Waals surface area contributed by atoms with Crippen molar-refractivity contribution in [3.8, 4) is 0 Å². The van der Waals surface area contributed by atoms with Crippen LogP contribution in [0.3, 0.4) is 0 Å².